The van der Waals surface area contributed by atoms with Crippen LogP contribution in [0.1, 0.15) is 24.4 Å². The molecule has 2 rings (SSSR count). The first-order valence-corrected chi connectivity index (χ1v) is 9.58. The van der Waals surface area contributed by atoms with E-state index in [4.69, 9.17) is 14.2 Å². The molecule has 1 heterocycles. The zero-order valence-electron chi connectivity index (χ0n) is 17.0. The molecule has 1 aromatic rings. The fourth-order valence-electron chi connectivity index (χ4n) is 3.01. The van der Waals surface area contributed by atoms with Gasteiger partial charge >= 0.3 is 0 Å². The Morgan fingerprint density at radius 3 is 2.67 bits per heavy atom. The van der Waals surface area contributed by atoms with Gasteiger partial charge in [0.1, 0.15) is 5.75 Å². The fraction of sp³-hybridized carbons (Fsp3) is 0.650. The maximum absolute atomic E-state index is 5.78. The number of ether oxygens (including phenoxy) is 3. The third-order valence-electron chi connectivity index (χ3n) is 4.67. The molecule has 0 radical (unpaired) electrons. The summed E-state index contributed by atoms with van der Waals surface area (Å²) in [6.07, 6.45) is 2.22. The summed E-state index contributed by atoms with van der Waals surface area (Å²) < 4.78 is 16.3. The summed E-state index contributed by atoms with van der Waals surface area (Å²) in [5.74, 6) is 1.67. The molecule has 1 aromatic carbocycles. The lowest BCUT2D eigenvalue weighted by Gasteiger charge is -2.26. The van der Waals surface area contributed by atoms with Crippen molar-refractivity contribution in [2.75, 3.05) is 61.2 Å². The minimum atomic E-state index is 0.236. The second-order valence-electron chi connectivity index (χ2n) is 6.84. The van der Waals surface area contributed by atoms with E-state index in [-0.39, 0.29) is 12.1 Å². The van der Waals surface area contributed by atoms with E-state index in [1.165, 1.54) is 5.56 Å². The van der Waals surface area contributed by atoms with E-state index >= 15 is 0 Å². The number of nitrogens with zero attached hydrogens (tertiary/aromatic N) is 2. The highest BCUT2D eigenvalue weighted by Crippen LogP contribution is 2.20. The van der Waals surface area contributed by atoms with Crippen molar-refractivity contribution >= 4 is 5.96 Å². The van der Waals surface area contributed by atoms with E-state index in [2.05, 4.69) is 46.8 Å². The Hall–Kier alpha value is -1.83. The molecule has 7 nitrogen and oxygen atoms in total. The van der Waals surface area contributed by atoms with Crippen LogP contribution in [0, 0.1) is 0 Å². The lowest BCUT2D eigenvalue weighted by atomic mass is 10.1. The van der Waals surface area contributed by atoms with E-state index in [9.17, 15) is 0 Å². The van der Waals surface area contributed by atoms with Crippen molar-refractivity contribution in [1.82, 2.24) is 15.5 Å². The Morgan fingerprint density at radius 2 is 2.07 bits per heavy atom. The van der Waals surface area contributed by atoms with Gasteiger partial charge < -0.3 is 29.7 Å². The molecule has 1 fully saturated rings. The Labute approximate surface area is 163 Å². The molecule has 7 heteroatoms. The van der Waals surface area contributed by atoms with E-state index in [0.717, 1.165) is 57.5 Å². The van der Waals surface area contributed by atoms with Crippen LogP contribution in [0.5, 0.6) is 5.75 Å². The van der Waals surface area contributed by atoms with Gasteiger partial charge in [-0.15, -0.1) is 0 Å². The standard InChI is InChI=1S/C20H34N4O3/c1-21-20(22-11-5-12-27-18-10-13-26-15-18)23-14-19(24(2)3)16-6-8-17(25-4)9-7-16/h6-9,18-19H,5,10-15H2,1-4H3,(H2,21,22,23). The largest absolute Gasteiger partial charge is 0.497 e. The Bertz CT molecular complexity index is 557. The lowest BCUT2D eigenvalue weighted by Crippen LogP contribution is -2.42. The number of benzene rings is 1. The third kappa shape index (κ3) is 7.36. The molecular formula is C20H34N4O3. The van der Waals surface area contributed by atoms with Crippen molar-refractivity contribution < 1.29 is 14.2 Å². The van der Waals surface area contributed by atoms with Crippen molar-refractivity contribution in [2.24, 2.45) is 4.99 Å². The Balaban J connectivity index is 1.72. The van der Waals surface area contributed by atoms with Gasteiger partial charge in [-0.3, -0.25) is 4.99 Å². The highest BCUT2D eigenvalue weighted by atomic mass is 16.5. The van der Waals surface area contributed by atoms with Gasteiger partial charge in [-0.25, -0.2) is 0 Å². The van der Waals surface area contributed by atoms with Crippen LogP contribution in [0.2, 0.25) is 0 Å². The van der Waals surface area contributed by atoms with E-state index in [1.54, 1.807) is 14.2 Å². The molecule has 2 N–H and O–H groups in total. The van der Waals surface area contributed by atoms with Gasteiger partial charge in [-0.2, -0.15) is 0 Å². The summed E-state index contributed by atoms with van der Waals surface area (Å²) in [6, 6.07) is 8.43. The summed E-state index contributed by atoms with van der Waals surface area (Å²) >= 11 is 0. The van der Waals surface area contributed by atoms with Crippen LogP contribution in [0.4, 0.5) is 0 Å². The topological polar surface area (TPSA) is 67.4 Å². The van der Waals surface area contributed by atoms with E-state index in [0.29, 0.717) is 0 Å². The van der Waals surface area contributed by atoms with Crippen molar-refractivity contribution in [3.8, 4) is 5.75 Å². The van der Waals surface area contributed by atoms with Crippen LogP contribution >= 0.6 is 0 Å². The Kier molecular flexibility index (Phi) is 9.38. The van der Waals surface area contributed by atoms with Crippen molar-refractivity contribution in [3.05, 3.63) is 29.8 Å². The molecule has 0 spiro atoms. The van der Waals surface area contributed by atoms with E-state index in [1.807, 2.05) is 12.1 Å². The molecule has 2 atom stereocenters. The first-order chi connectivity index (χ1) is 13.1. The number of aliphatic imine (C=N–C) groups is 1. The average Bonchev–Trinajstić information content (AvgIpc) is 3.20. The lowest BCUT2D eigenvalue weighted by molar-refractivity contribution is 0.0420. The van der Waals surface area contributed by atoms with Gasteiger partial charge in [-0.1, -0.05) is 12.1 Å². The summed E-state index contributed by atoms with van der Waals surface area (Å²) in [4.78, 5) is 6.50. The van der Waals surface area contributed by atoms with Crippen LogP contribution in [0.3, 0.4) is 0 Å². The predicted octanol–water partition coefficient (Wildman–Crippen LogP) is 1.66. The van der Waals surface area contributed by atoms with E-state index < -0.39 is 0 Å². The van der Waals surface area contributed by atoms with Gasteiger partial charge in [0.2, 0.25) is 0 Å². The third-order valence-corrected chi connectivity index (χ3v) is 4.67. The number of hydrogen-bond donors (Lipinski definition) is 2. The fourth-order valence-corrected chi connectivity index (χ4v) is 3.01. The summed E-state index contributed by atoms with van der Waals surface area (Å²) in [7, 11) is 7.63. The van der Waals surface area contributed by atoms with Gasteiger partial charge in [0, 0.05) is 33.4 Å². The summed E-state index contributed by atoms with van der Waals surface area (Å²) in [6.45, 7) is 3.87. The van der Waals surface area contributed by atoms with Crippen molar-refractivity contribution in [3.63, 3.8) is 0 Å². The molecule has 0 aromatic heterocycles. The summed E-state index contributed by atoms with van der Waals surface area (Å²) in [5.41, 5.74) is 1.23. The molecule has 0 amide bonds. The SMILES string of the molecule is CN=C(NCCCOC1CCOC1)NCC(c1ccc(OC)cc1)N(C)C. The predicted molar refractivity (Wildman–Crippen MR) is 109 cm³/mol. The van der Waals surface area contributed by atoms with Crippen LogP contribution in [-0.2, 0) is 9.47 Å². The zero-order valence-corrected chi connectivity index (χ0v) is 17.0. The number of likely N-dealkylation sites (N-methyl/N-ethyl adjacent to an activating group) is 1. The number of methoxy groups -OCH3 is 1. The molecular weight excluding hydrogens is 344 g/mol. The maximum Gasteiger partial charge on any atom is 0.191 e. The molecule has 152 valence electrons. The molecule has 27 heavy (non-hydrogen) atoms. The van der Waals surface area contributed by atoms with Crippen LogP contribution < -0.4 is 15.4 Å². The molecule has 1 aliphatic rings. The second-order valence-corrected chi connectivity index (χ2v) is 6.84. The molecule has 1 saturated heterocycles. The summed E-state index contributed by atoms with van der Waals surface area (Å²) in [5, 5.41) is 6.76. The minimum Gasteiger partial charge on any atom is -0.497 e. The van der Waals surface area contributed by atoms with Crippen LogP contribution in [0.15, 0.2) is 29.3 Å². The number of rotatable bonds is 10. The average molecular weight is 379 g/mol. The minimum absolute atomic E-state index is 0.236. The molecule has 0 saturated carbocycles. The molecule has 2 unspecified atom stereocenters. The maximum atomic E-state index is 5.78. The first kappa shape index (κ1) is 21.5. The Morgan fingerprint density at radius 1 is 1.30 bits per heavy atom. The highest BCUT2D eigenvalue weighted by Gasteiger charge is 2.16. The van der Waals surface area contributed by atoms with Gasteiger partial charge in [0.05, 0.1) is 25.9 Å². The molecule has 1 aliphatic heterocycles. The highest BCUT2D eigenvalue weighted by molar-refractivity contribution is 5.79. The van der Waals surface area contributed by atoms with Gasteiger partial charge in [-0.05, 0) is 44.6 Å². The monoisotopic (exact) mass is 378 g/mol. The van der Waals surface area contributed by atoms with Crippen molar-refractivity contribution in [1.29, 1.82) is 0 Å². The van der Waals surface area contributed by atoms with Crippen LogP contribution in [-0.4, -0.2) is 78.1 Å². The second kappa shape index (κ2) is 11.8. The van der Waals surface area contributed by atoms with Gasteiger partial charge in [0.25, 0.3) is 0 Å². The smallest absolute Gasteiger partial charge is 0.191 e. The number of hydrogen-bond acceptors (Lipinski definition) is 5. The van der Waals surface area contributed by atoms with Crippen molar-refractivity contribution in [2.45, 2.75) is 25.0 Å². The number of guanidine groups is 1. The first-order valence-electron chi connectivity index (χ1n) is 9.58. The normalized spacial score (nSPS) is 18.6. The zero-order chi connectivity index (χ0) is 19.5. The van der Waals surface area contributed by atoms with Crippen LogP contribution in [0.25, 0.3) is 0 Å². The quantitative estimate of drug-likeness (QED) is 0.367. The number of nitrogens with one attached hydrogen (secondary N) is 2. The molecule has 0 aliphatic carbocycles. The van der Waals surface area contributed by atoms with Gasteiger partial charge in [0.15, 0.2) is 5.96 Å². The molecule has 0 bridgehead atoms.